The molecule has 1 fully saturated rings. The molecule has 0 atom stereocenters. The SMILES string of the molecule is N#Cc1cc(-n2cnc(C(=O)O)c2)ccc1N1CCCC1. The maximum absolute atomic E-state index is 10.9. The fraction of sp³-hybridized carbons (Fsp3) is 0.267. The molecule has 21 heavy (non-hydrogen) atoms. The zero-order chi connectivity index (χ0) is 14.8. The molecule has 6 nitrogen and oxygen atoms in total. The predicted octanol–water partition coefficient (Wildman–Crippen LogP) is 2.04. The molecule has 1 aliphatic rings. The van der Waals surface area contributed by atoms with E-state index < -0.39 is 5.97 Å². The van der Waals surface area contributed by atoms with E-state index in [2.05, 4.69) is 16.0 Å². The minimum absolute atomic E-state index is 0.0165. The number of nitrogens with zero attached hydrogens (tertiary/aromatic N) is 4. The smallest absolute Gasteiger partial charge is 0.356 e. The van der Waals surface area contributed by atoms with Crippen molar-refractivity contribution in [2.24, 2.45) is 0 Å². The standard InChI is InChI=1S/C15H14N4O2/c16-8-11-7-12(19-9-13(15(20)21)17-10-19)3-4-14(11)18-5-1-2-6-18/h3-4,7,9-10H,1-2,5-6H2,(H,20,21). The zero-order valence-corrected chi connectivity index (χ0v) is 11.4. The van der Waals surface area contributed by atoms with Gasteiger partial charge >= 0.3 is 5.97 Å². The number of anilines is 1. The number of aromatic nitrogens is 2. The third-order valence-electron chi connectivity index (χ3n) is 3.65. The van der Waals surface area contributed by atoms with E-state index >= 15 is 0 Å². The van der Waals surface area contributed by atoms with Gasteiger partial charge in [-0.05, 0) is 31.0 Å². The summed E-state index contributed by atoms with van der Waals surface area (Å²) in [4.78, 5) is 16.9. The van der Waals surface area contributed by atoms with Gasteiger partial charge in [-0.25, -0.2) is 9.78 Å². The highest BCUT2D eigenvalue weighted by molar-refractivity contribution is 5.85. The van der Waals surface area contributed by atoms with Crippen molar-refractivity contribution in [1.82, 2.24) is 9.55 Å². The van der Waals surface area contributed by atoms with Gasteiger partial charge in [0.2, 0.25) is 0 Å². The highest BCUT2D eigenvalue weighted by Gasteiger charge is 2.16. The molecule has 0 unspecified atom stereocenters. The van der Waals surface area contributed by atoms with Gasteiger partial charge in [-0.2, -0.15) is 5.26 Å². The molecule has 1 aliphatic heterocycles. The summed E-state index contributed by atoms with van der Waals surface area (Å²) in [7, 11) is 0. The van der Waals surface area contributed by atoms with Gasteiger partial charge in [0.25, 0.3) is 0 Å². The number of carboxylic acids is 1. The van der Waals surface area contributed by atoms with Crippen LogP contribution in [0.15, 0.2) is 30.7 Å². The summed E-state index contributed by atoms with van der Waals surface area (Å²) >= 11 is 0. The molecule has 0 radical (unpaired) electrons. The van der Waals surface area contributed by atoms with Crippen LogP contribution in [0.2, 0.25) is 0 Å². The molecule has 1 aromatic carbocycles. The molecule has 1 N–H and O–H groups in total. The molecule has 1 saturated heterocycles. The molecule has 0 bridgehead atoms. The van der Waals surface area contributed by atoms with Crippen LogP contribution in [-0.4, -0.2) is 33.7 Å². The van der Waals surface area contributed by atoms with Gasteiger partial charge < -0.3 is 14.6 Å². The fourth-order valence-corrected chi connectivity index (χ4v) is 2.58. The van der Waals surface area contributed by atoms with Gasteiger partial charge in [-0.15, -0.1) is 0 Å². The van der Waals surface area contributed by atoms with Gasteiger partial charge in [0.15, 0.2) is 5.69 Å². The molecule has 0 saturated carbocycles. The topological polar surface area (TPSA) is 82.1 Å². The van der Waals surface area contributed by atoms with Crippen LogP contribution in [0, 0.1) is 11.3 Å². The van der Waals surface area contributed by atoms with Crippen LogP contribution in [0.3, 0.4) is 0 Å². The Balaban J connectivity index is 1.97. The largest absolute Gasteiger partial charge is 0.476 e. The number of aromatic carboxylic acids is 1. The second-order valence-corrected chi connectivity index (χ2v) is 4.98. The maximum atomic E-state index is 10.9. The Bertz CT molecular complexity index is 724. The lowest BCUT2D eigenvalue weighted by molar-refractivity contribution is 0.0691. The Kier molecular flexibility index (Phi) is 3.32. The predicted molar refractivity (Wildman–Crippen MR) is 76.7 cm³/mol. The highest BCUT2D eigenvalue weighted by Crippen LogP contribution is 2.26. The molecule has 0 spiro atoms. The average Bonchev–Trinajstić information content (AvgIpc) is 3.18. The third kappa shape index (κ3) is 2.46. The number of hydrogen-bond donors (Lipinski definition) is 1. The Labute approximate surface area is 121 Å². The van der Waals surface area contributed by atoms with E-state index in [4.69, 9.17) is 5.11 Å². The molecule has 1 aromatic heterocycles. The van der Waals surface area contributed by atoms with Crippen LogP contribution in [0.1, 0.15) is 28.9 Å². The molecular weight excluding hydrogens is 268 g/mol. The van der Waals surface area contributed by atoms with Crippen molar-refractivity contribution in [2.75, 3.05) is 18.0 Å². The van der Waals surface area contributed by atoms with Crippen LogP contribution in [-0.2, 0) is 0 Å². The van der Waals surface area contributed by atoms with E-state index in [-0.39, 0.29) is 5.69 Å². The quantitative estimate of drug-likeness (QED) is 0.931. The van der Waals surface area contributed by atoms with Gasteiger partial charge in [0.05, 0.1) is 11.3 Å². The monoisotopic (exact) mass is 282 g/mol. The first-order valence-electron chi connectivity index (χ1n) is 6.76. The lowest BCUT2D eigenvalue weighted by atomic mass is 10.1. The van der Waals surface area contributed by atoms with E-state index in [9.17, 15) is 10.1 Å². The van der Waals surface area contributed by atoms with Crippen LogP contribution >= 0.6 is 0 Å². The van der Waals surface area contributed by atoms with Crippen molar-refractivity contribution in [3.05, 3.63) is 42.0 Å². The lowest BCUT2D eigenvalue weighted by Crippen LogP contribution is -2.18. The Morgan fingerprint density at radius 2 is 2.10 bits per heavy atom. The summed E-state index contributed by atoms with van der Waals surface area (Å²) in [6.07, 6.45) is 5.18. The Hall–Kier alpha value is -2.81. The number of benzene rings is 1. The Morgan fingerprint density at radius 1 is 1.33 bits per heavy atom. The summed E-state index contributed by atoms with van der Waals surface area (Å²) in [5.41, 5.74) is 2.25. The number of imidazole rings is 1. The average molecular weight is 282 g/mol. The van der Waals surface area contributed by atoms with Crippen molar-refractivity contribution in [3.8, 4) is 11.8 Å². The highest BCUT2D eigenvalue weighted by atomic mass is 16.4. The molecule has 2 heterocycles. The van der Waals surface area contributed by atoms with E-state index in [0.717, 1.165) is 37.3 Å². The molecule has 0 aliphatic carbocycles. The van der Waals surface area contributed by atoms with E-state index in [1.807, 2.05) is 12.1 Å². The van der Waals surface area contributed by atoms with Crippen LogP contribution < -0.4 is 4.90 Å². The minimum atomic E-state index is -1.07. The van der Waals surface area contributed by atoms with Crippen molar-refractivity contribution in [2.45, 2.75) is 12.8 Å². The normalized spacial score (nSPS) is 14.1. The summed E-state index contributed by atoms with van der Waals surface area (Å²) in [5.74, 6) is -1.07. The first-order valence-corrected chi connectivity index (χ1v) is 6.76. The number of rotatable bonds is 3. The fourth-order valence-electron chi connectivity index (χ4n) is 2.58. The van der Waals surface area contributed by atoms with Gasteiger partial charge in [-0.1, -0.05) is 0 Å². The van der Waals surface area contributed by atoms with Crippen LogP contribution in [0.4, 0.5) is 5.69 Å². The van der Waals surface area contributed by atoms with Crippen LogP contribution in [0.25, 0.3) is 5.69 Å². The summed E-state index contributed by atoms with van der Waals surface area (Å²) in [6.45, 7) is 1.95. The van der Waals surface area contributed by atoms with Crippen molar-refractivity contribution < 1.29 is 9.90 Å². The second kappa shape index (κ2) is 5.29. The van der Waals surface area contributed by atoms with E-state index in [1.165, 1.54) is 12.5 Å². The van der Waals surface area contributed by atoms with E-state index in [0.29, 0.717) is 5.56 Å². The number of hydrogen-bond acceptors (Lipinski definition) is 4. The summed E-state index contributed by atoms with van der Waals surface area (Å²) in [5, 5.41) is 18.2. The molecular formula is C15H14N4O2. The second-order valence-electron chi connectivity index (χ2n) is 4.98. The van der Waals surface area contributed by atoms with Crippen molar-refractivity contribution in [3.63, 3.8) is 0 Å². The third-order valence-corrected chi connectivity index (χ3v) is 3.65. The number of carboxylic acid groups (broad SMARTS) is 1. The minimum Gasteiger partial charge on any atom is -0.476 e. The first-order chi connectivity index (χ1) is 10.2. The maximum Gasteiger partial charge on any atom is 0.356 e. The van der Waals surface area contributed by atoms with Crippen molar-refractivity contribution >= 4 is 11.7 Å². The number of nitriles is 1. The first kappa shape index (κ1) is 13.2. The summed E-state index contributed by atoms with van der Waals surface area (Å²) in [6, 6.07) is 7.78. The van der Waals surface area contributed by atoms with Gasteiger partial charge in [0, 0.05) is 25.0 Å². The molecule has 106 valence electrons. The van der Waals surface area contributed by atoms with Gasteiger partial charge in [-0.3, -0.25) is 0 Å². The zero-order valence-electron chi connectivity index (χ0n) is 11.4. The van der Waals surface area contributed by atoms with Crippen molar-refractivity contribution in [1.29, 1.82) is 5.26 Å². The Morgan fingerprint density at radius 3 is 2.71 bits per heavy atom. The van der Waals surface area contributed by atoms with E-state index in [1.54, 1.807) is 10.6 Å². The van der Waals surface area contributed by atoms with Crippen LogP contribution in [0.5, 0.6) is 0 Å². The van der Waals surface area contributed by atoms with Gasteiger partial charge in [0.1, 0.15) is 12.4 Å². The molecule has 3 rings (SSSR count). The lowest BCUT2D eigenvalue weighted by Gasteiger charge is -2.19. The number of carbonyl (C=O) groups is 1. The molecule has 2 aromatic rings. The molecule has 6 heteroatoms. The summed E-state index contributed by atoms with van der Waals surface area (Å²) < 4.78 is 1.61. The molecule has 0 amide bonds.